The van der Waals surface area contributed by atoms with Gasteiger partial charge in [0, 0.05) is 11.6 Å². The Labute approximate surface area is 244 Å². The molecule has 0 spiro atoms. The summed E-state index contributed by atoms with van der Waals surface area (Å²) in [7, 11) is 0. The zero-order valence-electron chi connectivity index (χ0n) is 23.4. The highest BCUT2D eigenvalue weighted by Gasteiger charge is 2.32. The number of rotatable bonds is 10. The average Bonchev–Trinajstić information content (AvgIpc) is 3.32. The van der Waals surface area contributed by atoms with Crippen molar-refractivity contribution in [3.63, 3.8) is 0 Å². The first-order valence-electron chi connectivity index (χ1n) is 13.7. The van der Waals surface area contributed by atoms with Crippen LogP contribution < -0.4 is 10.6 Å². The molecule has 0 bridgehead atoms. The summed E-state index contributed by atoms with van der Waals surface area (Å²) in [5, 5.41) is 14.9. The first kappa shape index (κ1) is 28.6. The molecule has 0 saturated carbocycles. The molecule has 1 aliphatic carbocycles. The zero-order chi connectivity index (χ0) is 29.6. The van der Waals surface area contributed by atoms with Gasteiger partial charge in [0.2, 0.25) is 5.91 Å². The number of ether oxygens (including phenoxy) is 2. The minimum atomic E-state index is -1.13. The van der Waals surface area contributed by atoms with Crippen LogP contribution >= 0.6 is 0 Å². The van der Waals surface area contributed by atoms with Gasteiger partial charge in [-0.2, -0.15) is 0 Å². The second-order valence-electron chi connectivity index (χ2n) is 10.3. The first-order chi connectivity index (χ1) is 20.3. The predicted molar refractivity (Wildman–Crippen MR) is 159 cm³/mol. The van der Waals surface area contributed by atoms with Gasteiger partial charge in [-0.25, -0.2) is 9.59 Å². The van der Waals surface area contributed by atoms with Crippen molar-refractivity contribution in [3.8, 4) is 11.1 Å². The van der Waals surface area contributed by atoms with Gasteiger partial charge < -0.3 is 25.2 Å². The molecule has 0 unspecified atom stereocenters. The fourth-order valence-corrected chi connectivity index (χ4v) is 5.21. The molecule has 3 N–H and O–H groups in total. The Balaban J connectivity index is 1.30. The van der Waals surface area contributed by atoms with Crippen LogP contribution in [-0.4, -0.2) is 41.8 Å². The van der Waals surface area contributed by atoms with Gasteiger partial charge >= 0.3 is 12.1 Å². The van der Waals surface area contributed by atoms with Crippen LogP contribution in [0.1, 0.15) is 45.5 Å². The third-order valence-corrected chi connectivity index (χ3v) is 7.46. The van der Waals surface area contributed by atoms with Crippen LogP contribution in [0.2, 0.25) is 0 Å². The number of carboxylic acid groups (broad SMARTS) is 1. The van der Waals surface area contributed by atoms with E-state index in [1.54, 1.807) is 26.0 Å². The molecule has 214 valence electrons. The molecule has 0 fully saturated rings. The summed E-state index contributed by atoms with van der Waals surface area (Å²) in [5.74, 6) is -1.80. The molecule has 1 aliphatic rings. The van der Waals surface area contributed by atoms with Crippen molar-refractivity contribution in [1.82, 2.24) is 5.32 Å². The summed E-state index contributed by atoms with van der Waals surface area (Å²) >= 11 is 0. The number of alkyl carbamates (subject to hydrolysis) is 1. The lowest BCUT2D eigenvalue weighted by molar-refractivity contribution is -0.121. The number of aromatic carboxylic acids is 1. The number of hydrogen-bond donors (Lipinski definition) is 3. The lowest BCUT2D eigenvalue weighted by Crippen LogP contribution is -2.51. The number of fused-ring (bicyclic) bond motifs is 3. The van der Waals surface area contributed by atoms with Gasteiger partial charge in [0.05, 0.1) is 18.3 Å². The van der Waals surface area contributed by atoms with E-state index in [0.717, 1.165) is 27.8 Å². The maximum atomic E-state index is 13.4. The molecule has 0 aliphatic heterocycles. The van der Waals surface area contributed by atoms with Gasteiger partial charge in [-0.1, -0.05) is 84.9 Å². The van der Waals surface area contributed by atoms with Crippen molar-refractivity contribution in [2.24, 2.45) is 0 Å². The van der Waals surface area contributed by atoms with Crippen molar-refractivity contribution in [1.29, 1.82) is 0 Å². The molecule has 42 heavy (non-hydrogen) atoms. The standard InChI is InChI=1S/C34H32N2O6/c1-21-16-17-24(18-29(21)33(38)39)35-32(37)31(22(2)41-19-23-10-4-3-5-11-23)36-34(40)42-20-30-27-14-8-6-12-25(27)26-13-7-9-15-28(26)30/h3-18,22,30-31H,19-20H2,1-2H3,(H,35,37)(H,36,40)(H,38,39)/t22-,31+/m0/s1. The summed E-state index contributed by atoms with van der Waals surface area (Å²) in [4.78, 5) is 38.2. The quantitative estimate of drug-likeness (QED) is 0.213. The average molecular weight is 565 g/mol. The number of hydrogen-bond acceptors (Lipinski definition) is 5. The van der Waals surface area contributed by atoms with E-state index < -0.39 is 30.1 Å². The molecule has 2 amide bonds. The maximum absolute atomic E-state index is 13.4. The number of amides is 2. The van der Waals surface area contributed by atoms with Crippen LogP contribution in [0.4, 0.5) is 10.5 Å². The fraction of sp³-hybridized carbons (Fsp3) is 0.206. The number of carbonyl (C=O) groups is 3. The topological polar surface area (TPSA) is 114 Å². The summed E-state index contributed by atoms with van der Waals surface area (Å²) < 4.78 is 11.7. The van der Waals surface area contributed by atoms with E-state index in [4.69, 9.17) is 9.47 Å². The summed E-state index contributed by atoms with van der Waals surface area (Å²) in [6.45, 7) is 3.68. The van der Waals surface area contributed by atoms with Crippen molar-refractivity contribution in [2.45, 2.75) is 38.5 Å². The number of benzene rings is 4. The maximum Gasteiger partial charge on any atom is 0.407 e. The fourth-order valence-electron chi connectivity index (χ4n) is 5.21. The van der Waals surface area contributed by atoms with Crippen molar-refractivity contribution < 1.29 is 29.0 Å². The minimum absolute atomic E-state index is 0.0715. The molecular weight excluding hydrogens is 532 g/mol. The molecule has 8 nitrogen and oxygen atoms in total. The zero-order valence-corrected chi connectivity index (χ0v) is 23.4. The first-order valence-corrected chi connectivity index (χ1v) is 13.7. The Morgan fingerprint density at radius 2 is 1.48 bits per heavy atom. The lowest BCUT2D eigenvalue weighted by atomic mass is 9.98. The Morgan fingerprint density at radius 3 is 2.12 bits per heavy atom. The normalized spacial score (nSPS) is 13.4. The third-order valence-electron chi connectivity index (χ3n) is 7.46. The lowest BCUT2D eigenvalue weighted by Gasteiger charge is -2.25. The molecule has 8 heteroatoms. The Bertz CT molecular complexity index is 1560. The molecule has 0 heterocycles. The van der Waals surface area contributed by atoms with Gasteiger partial charge in [-0.15, -0.1) is 0 Å². The number of nitrogens with one attached hydrogen (secondary N) is 2. The van der Waals surface area contributed by atoms with Gasteiger partial charge in [0.15, 0.2) is 0 Å². The van der Waals surface area contributed by atoms with E-state index >= 15 is 0 Å². The third kappa shape index (κ3) is 6.34. The summed E-state index contributed by atoms with van der Waals surface area (Å²) in [5.41, 5.74) is 6.22. The summed E-state index contributed by atoms with van der Waals surface area (Å²) in [6, 6.07) is 29.0. The Morgan fingerprint density at radius 1 is 0.857 bits per heavy atom. The number of anilines is 1. The van der Waals surface area contributed by atoms with Gasteiger partial charge in [-0.05, 0) is 59.4 Å². The number of carboxylic acids is 1. The second-order valence-corrected chi connectivity index (χ2v) is 10.3. The largest absolute Gasteiger partial charge is 0.478 e. The van der Waals surface area contributed by atoms with Crippen molar-refractivity contribution >= 4 is 23.7 Å². The second kappa shape index (κ2) is 12.7. The van der Waals surface area contributed by atoms with Crippen LogP contribution in [0.5, 0.6) is 0 Å². The summed E-state index contributed by atoms with van der Waals surface area (Å²) in [6.07, 6.45) is -1.50. The van der Waals surface area contributed by atoms with Gasteiger partial charge in [0.25, 0.3) is 0 Å². The monoisotopic (exact) mass is 564 g/mol. The molecule has 4 aromatic rings. The van der Waals surface area contributed by atoms with Crippen LogP contribution in [-0.2, 0) is 20.9 Å². The number of aryl methyl sites for hydroxylation is 1. The highest BCUT2D eigenvalue weighted by Crippen LogP contribution is 2.44. The van der Waals surface area contributed by atoms with Crippen LogP contribution in [0, 0.1) is 6.92 Å². The molecule has 4 aromatic carbocycles. The molecule has 5 rings (SSSR count). The Kier molecular flexibility index (Phi) is 8.64. The minimum Gasteiger partial charge on any atom is -0.478 e. The van der Waals surface area contributed by atoms with Crippen LogP contribution in [0.15, 0.2) is 97.1 Å². The van der Waals surface area contributed by atoms with E-state index in [2.05, 4.69) is 22.8 Å². The van der Waals surface area contributed by atoms with Gasteiger partial charge in [0.1, 0.15) is 12.6 Å². The van der Waals surface area contributed by atoms with E-state index in [1.807, 2.05) is 66.7 Å². The smallest absolute Gasteiger partial charge is 0.407 e. The molecule has 2 atom stereocenters. The molecule has 0 aromatic heterocycles. The molecular formula is C34H32N2O6. The van der Waals surface area contributed by atoms with Crippen LogP contribution in [0.25, 0.3) is 11.1 Å². The highest BCUT2D eigenvalue weighted by atomic mass is 16.5. The van der Waals surface area contributed by atoms with Gasteiger partial charge in [-0.3, -0.25) is 4.79 Å². The molecule has 0 radical (unpaired) electrons. The predicted octanol–water partition coefficient (Wildman–Crippen LogP) is 6.14. The van der Waals surface area contributed by atoms with E-state index in [1.165, 1.54) is 6.07 Å². The highest BCUT2D eigenvalue weighted by molar-refractivity contribution is 5.98. The number of carbonyl (C=O) groups excluding carboxylic acids is 2. The van der Waals surface area contributed by atoms with E-state index in [0.29, 0.717) is 5.56 Å². The SMILES string of the molecule is Cc1ccc(NC(=O)[C@H](NC(=O)OCC2c3ccccc3-c3ccccc32)[C@H](C)OCc2ccccc2)cc1C(=O)O. The van der Waals surface area contributed by atoms with Crippen molar-refractivity contribution in [3.05, 3.63) is 125 Å². The Hall–Kier alpha value is -4.95. The molecule has 0 saturated heterocycles. The van der Waals surface area contributed by atoms with Crippen molar-refractivity contribution in [2.75, 3.05) is 11.9 Å². The van der Waals surface area contributed by atoms with E-state index in [-0.39, 0.29) is 30.4 Å². The van der Waals surface area contributed by atoms with Crippen LogP contribution in [0.3, 0.4) is 0 Å². The van der Waals surface area contributed by atoms with E-state index in [9.17, 15) is 19.5 Å².